The van der Waals surface area contributed by atoms with E-state index in [2.05, 4.69) is 25.1 Å². The lowest BCUT2D eigenvalue weighted by Gasteiger charge is -1.94. The highest BCUT2D eigenvalue weighted by atomic mass is 16.4. The molecule has 0 aliphatic heterocycles. The Bertz CT molecular complexity index is 743. The number of carbonyl (C=O) groups is 1. The van der Waals surface area contributed by atoms with Gasteiger partial charge in [-0.3, -0.25) is 5.10 Å². The van der Waals surface area contributed by atoms with Gasteiger partial charge in [0.2, 0.25) is 0 Å². The molecule has 3 N–H and O–H groups in total. The van der Waals surface area contributed by atoms with Crippen LogP contribution in [0, 0.1) is 6.92 Å². The molecular formula is C11H9N5O2. The van der Waals surface area contributed by atoms with Gasteiger partial charge in [-0.05, 0) is 13.0 Å². The van der Waals surface area contributed by atoms with Gasteiger partial charge in [0.15, 0.2) is 5.65 Å². The Kier molecular flexibility index (Phi) is 2.12. The molecule has 0 amide bonds. The molecule has 0 aliphatic rings. The zero-order chi connectivity index (χ0) is 12.7. The molecule has 18 heavy (non-hydrogen) atoms. The van der Waals surface area contributed by atoms with Crippen molar-refractivity contribution in [2.24, 2.45) is 0 Å². The molecule has 90 valence electrons. The highest BCUT2D eigenvalue weighted by Crippen LogP contribution is 2.22. The van der Waals surface area contributed by atoms with Crippen LogP contribution >= 0.6 is 0 Å². The summed E-state index contributed by atoms with van der Waals surface area (Å²) in [7, 11) is 0. The summed E-state index contributed by atoms with van der Waals surface area (Å²) in [5.41, 5.74) is 2.60. The van der Waals surface area contributed by atoms with Gasteiger partial charge in [-0.15, -0.1) is 0 Å². The van der Waals surface area contributed by atoms with Crippen molar-refractivity contribution in [1.82, 2.24) is 25.1 Å². The first-order valence-electron chi connectivity index (χ1n) is 5.25. The molecule has 0 atom stereocenters. The topological polar surface area (TPSA) is 108 Å². The van der Waals surface area contributed by atoms with Gasteiger partial charge in [0.1, 0.15) is 5.82 Å². The van der Waals surface area contributed by atoms with E-state index in [1.165, 1.54) is 12.3 Å². The van der Waals surface area contributed by atoms with Crippen LogP contribution in [0.5, 0.6) is 0 Å². The first kappa shape index (κ1) is 10.5. The fourth-order valence-corrected chi connectivity index (χ4v) is 1.81. The van der Waals surface area contributed by atoms with Crippen molar-refractivity contribution in [3.8, 4) is 11.4 Å². The van der Waals surface area contributed by atoms with Crippen molar-refractivity contribution in [2.45, 2.75) is 6.92 Å². The number of imidazole rings is 1. The van der Waals surface area contributed by atoms with Crippen LogP contribution in [0.2, 0.25) is 0 Å². The minimum Gasteiger partial charge on any atom is -0.478 e. The molecule has 0 spiro atoms. The molecule has 3 rings (SSSR count). The number of hydrogen-bond acceptors (Lipinski definition) is 4. The lowest BCUT2D eigenvalue weighted by atomic mass is 10.2. The summed E-state index contributed by atoms with van der Waals surface area (Å²) >= 11 is 0. The van der Waals surface area contributed by atoms with Crippen LogP contribution in [0.3, 0.4) is 0 Å². The molecule has 7 heteroatoms. The van der Waals surface area contributed by atoms with Gasteiger partial charge in [0, 0.05) is 11.9 Å². The SMILES string of the molecule is Cc1[nH]ncc1-c1nc2nccc(C(=O)O)c2[nH]1. The minimum absolute atomic E-state index is 0.153. The van der Waals surface area contributed by atoms with E-state index in [1.807, 2.05) is 6.92 Å². The standard InChI is InChI=1S/C11H9N5O2/c1-5-7(4-13-16-5)9-14-8-6(11(17)18)2-3-12-10(8)15-9/h2-4H,1H3,(H,13,16)(H,17,18)(H,12,14,15). The van der Waals surface area contributed by atoms with E-state index in [4.69, 9.17) is 5.11 Å². The third-order valence-electron chi connectivity index (χ3n) is 2.71. The Hall–Kier alpha value is -2.70. The van der Waals surface area contributed by atoms with Crippen molar-refractivity contribution in [3.05, 3.63) is 29.7 Å². The monoisotopic (exact) mass is 243 g/mol. The maximum absolute atomic E-state index is 11.1. The zero-order valence-corrected chi connectivity index (χ0v) is 9.43. The van der Waals surface area contributed by atoms with E-state index >= 15 is 0 Å². The molecular weight excluding hydrogens is 234 g/mol. The van der Waals surface area contributed by atoms with Crippen molar-refractivity contribution < 1.29 is 9.90 Å². The zero-order valence-electron chi connectivity index (χ0n) is 9.43. The maximum atomic E-state index is 11.1. The number of nitrogens with zero attached hydrogens (tertiary/aromatic N) is 3. The van der Waals surface area contributed by atoms with Gasteiger partial charge in [0.05, 0.1) is 22.8 Å². The summed E-state index contributed by atoms with van der Waals surface area (Å²) < 4.78 is 0. The summed E-state index contributed by atoms with van der Waals surface area (Å²) in [5.74, 6) is -0.459. The van der Waals surface area contributed by atoms with E-state index in [0.29, 0.717) is 17.0 Å². The molecule has 0 bridgehead atoms. The van der Waals surface area contributed by atoms with Crippen molar-refractivity contribution in [3.63, 3.8) is 0 Å². The van der Waals surface area contributed by atoms with Crippen molar-refractivity contribution in [2.75, 3.05) is 0 Å². The molecule has 0 fully saturated rings. The van der Waals surface area contributed by atoms with Crippen LogP contribution in [0.25, 0.3) is 22.6 Å². The summed E-state index contributed by atoms with van der Waals surface area (Å²) in [4.78, 5) is 22.4. The van der Waals surface area contributed by atoms with E-state index < -0.39 is 5.97 Å². The number of aromatic nitrogens is 5. The second kappa shape index (κ2) is 3.66. The van der Waals surface area contributed by atoms with E-state index in [0.717, 1.165) is 11.3 Å². The van der Waals surface area contributed by atoms with E-state index in [9.17, 15) is 4.79 Å². The molecule has 3 heterocycles. The second-order valence-corrected chi connectivity index (χ2v) is 3.86. The van der Waals surface area contributed by atoms with Crippen LogP contribution < -0.4 is 0 Å². The third-order valence-corrected chi connectivity index (χ3v) is 2.71. The summed E-state index contributed by atoms with van der Waals surface area (Å²) in [6, 6.07) is 1.44. The Morgan fingerprint density at radius 3 is 2.94 bits per heavy atom. The van der Waals surface area contributed by atoms with Crippen LogP contribution in [0.15, 0.2) is 18.5 Å². The van der Waals surface area contributed by atoms with Gasteiger partial charge < -0.3 is 10.1 Å². The highest BCUT2D eigenvalue weighted by molar-refractivity contribution is 6.00. The third kappa shape index (κ3) is 1.45. The Labute approximate surface area is 101 Å². The predicted molar refractivity (Wildman–Crippen MR) is 63.2 cm³/mol. The first-order valence-corrected chi connectivity index (χ1v) is 5.25. The van der Waals surface area contributed by atoms with Gasteiger partial charge in [-0.1, -0.05) is 0 Å². The van der Waals surface area contributed by atoms with Gasteiger partial charge in [0.25, 0.3) is 0 Å². The molecule has 7 nitrogen and oxygen atoms in total. The maximum Gasteiger partial charge on any atom is 0.338 e. The quantitative estimate of drug-likeness (QED) is 0.629. The Balaban J connectivity index is 2.26. The minimum atomic E-state index is -1.01. The molecule has 0 saturated heterocycles. The van der Waals surface area contributed by atoms with E-state index in [-0.39, 0.29) is 5.56 Å². The fourth-order valence-electron chi connectivity index (χ4n) is 1.81. The molecule has 0 saturated carbocycles. The number of aryl methyl sites for hydroxylation is 1. The van der Waals surface area contributed by atoms with Crippen molar-refractivity contribution >= 4 is 17.1 Å². The second-order valence-electron chi connectivity index (χ2n) is 3.86. The van der Waals surface area contributed by atoms with Crippen LogP contribution in [-0.2, 0) is 0 Å². The number of fused-ring (bicyclic) bond motifs is 1. The smallest absolute Gasteiger partial charge is 0.338 e. The van der Waals surface area contributed by atoms with Crippen LogP contribution in [-0.4, -0.2) is 36.2 Å². The Morgan fingerprint density at radius 2 is 2.28 bits per heavy atom. The molecule has 3 aromatic rings. The Morgan fingerprint density at radius 1 is 1.44 bits per heavy atom. The first-order chi connectivity index (χ1) is 8.66. The summed E-state index contributed by atoms with van der Waals surface area (Å²) in [6.07, 6.45) is 3.06. The van der Waals surface area contributed by atoms with Crippen molar-refractivity contribution in [1.29, 1.82) is 0 Å². The average Bonchev–Trinajstić information content (AvgIpc) is 2.92. The van der Waals surface area contributed by atoms with Crippen LogP contribution in [0.4, 0.5) is 0 Å². The van der Waals surface area contributed by atoms with Crippen LogP contribution in [0.1, 0.15) is 16.1 Å². The molecule has 0 unspecified atom stereocenters. The number of pyridine rings is 1. The predicted octanol–water partition coefficient (Wildman–Crippen LogP) is 1.35. The summed E-state index contributed by atoms with van der Waals surface area (Å²) in [6.45, 7) is 1.86. The average molecular weight is 243 g/mol. The molecule has 0 aromatic carbocycles. The van der Waals surface area contributed by atoms with Gasteiger partial charge >= 0.3 is 5.97 Å². The normalized spacial score (nSPS) is 10.9. The number of H-pyrrole nitrogens is 2. The number of rotatable bonds is 2. The molecule has 0 aliphatic carbocycles. The highest BCUT2D eigenvalue weighted by Gasteiger charge is 2.15. The lowest BCUT2D eigenvalue weighted by molar-refractivity contribution is 0.0699. The summed E-state index contributed by atoms with van der Waals surface area (Å²) in [5, 5.41) is 15.8. The number of nitrogens with one attached hydrogen (secondary N) is 2. The number of aromatic amines is 2. The van der Waals surface area contributed by atoms with E-state index in [1.54, 1.807) is 6.20 Å². The number of hydrogen-bond donors (Lipinski definition) is 3. The number of aromatic carboxylic acids is 1. The van der Waals surface area contributed by atoms with Gasteiger partial charge in [-0.2, -0.15) is 5.10 Å². The fraction of sp³-hybridized carbons (Fsp3) is 0.0909. The lowest BCUT2D eigenvalue weighted by Crippen LogP contribution is -1.97. The largest absolute Gasteiger partial charge is 0.478 e. The number of carboxylic acids is 1. The molecule has 0 radical (unpaired) electrons. The van der Waals surface area contributed by atoms with Gasteiger partial charge in [-0.25, -0.2) is 14.8 Å². The molecule has 3 aromatic heterocycles. The number of carboxylic acid groups (broad SMARTS) is 1.